The molecule has 1 fully saturated rings. The summed E-state index contributed by atoms with van der Waals surface area (Å²) in [5.41, 5.74) is -0.632. The molecular weight excluding hydrogens is 300 g/mol. The largest absolute Gasteiger partial charge is 0.391 e. The standard InChI is InChI=1S/C14H19F2NO3S/c1-9-2-3-10(6-9)7-17-21(19,20)13-5-4-12(15)11(8-18)14(13)16/h4-5,9-10,17-18H,2-3,6-8H2,1H3. The third-order valence-electron chi connectivity index (χ3n) is 3.96. The Kier molecular flexibility index (Phi) is 4.95. The van der Waals surface area contributed by atoms with E-state index in [2.05, 4.69) is 11.6 Å². The minimum atomic E-state index is -4.05. The highest BCUT2D eigenvalue weighted by Crippen LogP contribution is 2.30. The van der Waals surface area contributed by atoms with Crippen molar-refractivity contribution in [2.24, 2.45) is 11.8 Å². The van der Waals surface area contributed by atoms with Crippen molar-refractivity contribution in [2.45, 2.75) is 37.7 Å². The number of benzene rings is 1. The fourth-order valence-electron chi connectivity index (χ4n) is 2.74. The van der Waals surface area contributed by atoms with E-state index in [9.17, 15) is 17.2 Å². The predicted octanol–water partition coefficient (Wildman–Crippen LogP) is 2.17. The Hall–Kier alpha value is -1.05. The van der Waals surface area contributed by atoms with Gasteiger partial charge in [0.1, 0.15) is 10.7 Å². The van der Waals surface area contributed by atoms with Gasteiger partial charge in [-0.25, -0.2) is 21.9 Å². The lowest BCUT2D eigenvalue weighted by Gasteiger charge is -2.13. The Bertz CT molecular complexity index is 619. The molecule has 2 atom stereocenters. The minimum Gasteiger partial charge on any atom is -0.391 e. The van der Waals surface area contributed by atoms with Gasteiger partial charge in [-0.1, -0.05) is 13.3 Å². The molecule has 4 nitrogen and oxygen atoms in total. The average Bonchev–Trinajstić information content (AvgIpc) is 2.83. The predicted molar refractivity (Wildman–Crippen MR) is 74.0 cm³/mol. The zero-order valence-electron chi connectivity index (χ0n) is 11.8. The summed E-state index contributed by atoms with van der Waals surface area (Å²) in [5, 5.41) is 8.93. The number of hydrogen-bond donors (Lipinski definition) is 2. The molecule has 118 valence electrons. The second-order valence-electron chi connectivity index (χ2n) is 5.63. The van der Waals surface area contributed by atoms with Crippen molar-refractivity contribution < 1.29 is 22.3 Å². The lowest BCUT2D eigenvalue weighted by molar-refractivity contribution is 0.267. The van der Waals surface area contributed by atoms with E-state index in [4.69, 9.17) is 5.11 Å². The van der Waals surface area contributed by atoms with Gasteiger partial charge in [-0.15, -0.1) is 0 Å². The van der Waals surface area contributed by atoms with Crippen LogP contribution in [0.2, 0.25) is 0 Å². The van der Waals surface area contributed by atoms with Crippen molar-refractivity contribution in [1.82, 2.24) is 4.72 Å². The molecule has 2 unspecified atom stereocenters. The minimum absolute atomic E-state index is 0.246. The van der Waals surface area contributed by atoms with Crippen LogP contribution in [-0.4, -0.2) is 20.1 Å². The maximum atomic E-state index is 14.0. The molecule has 0 aromatic heterocycles. The molecule has 1 aromatic rings. The van der Waals surface area contributed by atoms with Crippen LogP contribution in [0.1, 0.15) is 31.7 Å². The Morgan fingerprint density at radius 2 is 2.05 bits per heavy atom. The van der Waals surface area contributed by atoms with E-state index in [0.29, 0.717) is 5.92 Å². The second-order valence-corrected chi connectivity index (χ2v) is 7.37. The number of aliphatic hydroxyl groups is 1. The zero-order valence-corrected chi connectivity index (χ0v) is 12.6. The Balaban J connectivity index is 2.16. The molecule has 2 rings (SSSR count). The van der Waals surface area contributed by atoms with Crippen molar-refractivity contribution in [2.75, 3.05) is 6.54 Å². The van der Waals surface area contributed by atoms with Crippen LogP contribution in [0.3, 0.4) is 0 Å². The first-order chi connectivity index (χ1) is 9.85. The molecule has 2 N–H and O–H groups in total. The summed E-state index contributed by atoms with van der Waals surface area (Å²) in [6, 6.07) is 1.73. The van der Waals surface area contributed by atoms with Crippen molar-refractivity contribution in [1.29, 1.82) is 0 Å². The Morgan fingerprint density at radius 3 is 2.62 bits per heavy atom. The molecule has 7 heteroatoms. The summed E-state index contributed by atoms with van der Waals surface area (Å²) in [7, 11) is -4.05. The molecule has 1 saturated carbocycles. The first-order valence-electron chi connectivity index (χ1n) is 6.92. The van der Waals surface area contributed by atoms with Gasteiger partial charge in [0, 0.05) is 6.54 Å². The molecule has 0 amide bonds. The smallest absolute Gasteiger partial charge is 0.243 e. The maximum Gasteiger partial charge on any atom is 0.243 e. The van der Waals surface area contributed by atoms with E-state index in [-0.39, 0.29) is 12.5 Å². The molecule has 1 aliphatic carbocycles. The van der Waals surface area contributed by atoms with Crippen LogP contribution in [0, 0.1) is 23.5 Å². The molecule has 1 aromatic carbocycles. The number of nitrogens with one attached hydrogen (secondary N) is 1. The highest BCUT2D eigenvalue weighted by atomic mass is 32.2. The SMILES string of the molecule is CC1CCC(CNS(=O)(=O)c2ccc(F)c(CO)c2F)C1. The molecular formula is C14H19F2NO3S. The Labute approximate surface area is 123 Å². The van der Waals surface area contributed by atoms with Gasteiger partial charge in [0.2, 0.25) is 10.0 Å². The van der Waals surface area contributed by atoms with E-state index in [0.717, 1.165) is 31.4 Å². The molecule has 0 bridgehead atoms. The van der Waals surface area contributed by atoms with E-state index < -0.39 is 38.7 Å². The summed E-state index contributed by atoms with van der Waals surface area (Å²) in [4.78, 5) is -0.626. The Morgan fingerprint density at radius 1 is 1.33 bits per heavy atom. The van der Waals surface area contributed by atoms with Crippen molar-refractivity contribution in [3.8, 4) is 0 Å². The fraction of sp³-hybridized carbons (Fsp3) is 0.571. The van der Waals surface area contributed by atoms with Gasteiger partial charge in [0.15, 0.2) is 5.82 Å². The number of rotatable bonds is 5. The quantitative estimate of drug-likeness (QED) is 0.874. The lowest BCUT2D eigenvalue weighted by Crippen LogP contribution is -2.29. The molecule has 1 aliphatic rings. The van der Waals surface area contributed by atoms with Gasteiger partial charge < -0.3 is 5.11 Å². The first kappa shape index (κ1) is 16.3. The zero-order chi connectivity index (χ0) is 15.6. The van der Waals surface area contributed by atoms with E-state index >= 15 is 0 Å². The van der Waals surface area contributed by atoms with Crippen LogP contribution < -0.4 is 4.72 Å². The number of halogens is 2. The van der Waals surface area contributed by atoms with Gasteiger partial charge in [-0.05, 0) is 36.8 Å². The van der Waals surface area contributed by atoms with E-state index in [1.807, 2.05) is 0 Å². The molecule has 0 heterocycles. The van der Waals surface area contributed by atoms with E-state index in [1.54, 1.807) is 0 Å². The lowest BCUT2D eigenvalue weighted by atomic mass is 10.1. The summed E-state index contributed by atoms with van der Waals surface area (Å²) in [5.74, 6) is -1.37. The highest BCUT2D eigenvalue weighted by molar-refractivity contribution is 7.89. The molecule has 21 heavy (non-hydrogen) atoms. The molecule has 0 saturated heterocycles. The highest BCUT2D eigenvalue weighted by Gasteiger charge is 2.26. The summed E-state index contributed by atoms with van der Waals surface area (Å²) < 4.78 is 53.9. The maximum absolute atomic E-state index is 14.0. The van der Waals surface area contributed by atoms with Crippen molar-refractivity contribution in [3.63, 3.8) is 0 Å². The molecule has 0 radical (unpaired) electrons. The van der Waals surface area contributed by atoms with Crippen LogP contribution in [0.25, 0.3) is 0 Å². The van der Waals surface area contributed by atoms with Gasteiger partial charge >= 0.3 is 0 Å². The normalized spacial score (nSPS) is 22.7. The monoisotopic (exact) mass is 319 g/mol. The van der Waals surface area contributed by atoms with Crippen molar-refractivity contribution >= 4 is 10.0 Å². The van der Waals surface area contributed by atoms with E-state index in [1.165, 1.54) is 0 Å². The van der Waals surface area contributed by atoms with Gasteiger partial charge in [-0.2, -0.15) is 0 Å². The number of aliphatic hydroxyl groups excluding tert-OH is 1. The second kappa shape index (κ2) is 6.37. The third-order valence-corrected chi connectivity index (χ3v) is 5.40. The van der Waals surface area contributed by atoms with Gasteiger partial charge in [0.05, 0.1) is 12.2 Å². The van der Waals surface area contributed by atoms with Crippen LogP contribution in [0.4, 0.5) is 8.78 Å². The topological polar surface area (TPSA) is 66.4 Å². The van der Waals surface area contributed by atoms with Gasteiger partial charge in [-0.3, -0.25) is 0 Å². The van der Waals surface area contributed by atoms with Crippen LogP contribution >= 0.6 is 0 Å². The third kappa shape index (κ3) is 3.59. The number of hydrogen-bond acceptors (Lipinski definition) is 3. The summed E-state index contributed by atoms with van der Waals surface area (Å²) in [6.07, 6.45) is 2.94. The van der Waals surface area contributed by atoms with Crippen LogP contribution in [-0.2, 0) is 16.6 Å². The van der Waals surface area contributed by atoms with Gasteiger partial charge in [0.25, 0.3) is 0 Å². The van der Waals surface area contributed by atoms with Crippen molar-refractivity contribution in [3.05, 3.63) is 29.3 Å². The summed E-state index contributed by atoms with van der Waals surface area (Å²) >= 11 is 0. The summed E-state index contributed by atoms with van der Waals surface area (Å²) in [6.45, 7) is 1.47. The van der Waals surface area contributed by atoms with Crippen LogP contribution in [0.15, 0.2) is 17.0 Å². The molecule has 0 spiro atoms. The molecule has 0 aliphatic heterocycles. The fourth-order valence-corrected chi connectivity index (χ4v) is 3.96. The van der Waals surface area contributed by atoms with Crippen LogP contribution in [0.5, 0.6) is 0 Å². The average molecular weight is 319 g/mol. The number of sulfonamides is 1. The first-order valence-corrected chi connectivity index (χ1v) is 8.41.